The van der Waals surface area contributed by atoms with Crippen molar-refractivity contribution in [1.82, 2.24) is 25.4 Å². The van der Waals surface area contributed by atoms with Gasteiger partial charge >= 0.3 is 0 Å². The van der Waals surface area contributed by atoms with Crippen molar-refractivity contribution in [2.75, 3.05) is 19.6 Å². The predicted molar refractivity (Wildman–Crippen MR) is 102 cm³/mol. The third kappa shape index (κ3) is 6.25. The summed E-state index contributed by atoms with van der Waals surface area (Å²) < 4.78 is 2.05. The van der Waals surface area contributed by atoms with Gasteiger partial charge in [0.15, 0.2) is 5.96 Å². The Kier molecular flexibility index (Phi) is 9.46. The van der Waals surface area contributed by atoms with E-state index in [2.05, 4.69) is 44.2 Å². The fraction of sp³-hybridized carbons (Fsp3) is 0.800. The highest BCUT2D eigenvalue weighted by atomic mass is 127. The smallest absolute Gasteiger partial charge is 0.191 e. The molecule has 7 nitrogen and oxygen atoms in total. The maximum absolute atomic E-state index is 9.86. The van der Waals surface area contributed by atoms with Crippen molar-refractivity contribution >= 4 is 29.9 Å². The molecule has 8 heteroatoms. The molecule has 1 aromatic heterocycles. The minimum Gasteiger partial charge on any atom is -0.393 e. The number of halogens is 1. The Balaban J connectivity index is 0.00000264. The molecule has 0 aliphatic heterocycles. The zero-order valence-electron chi connectivity index (χ0n) is 14.0. The number of hydrogen-bond acceptors (Lipinski definition) is 4. The normalized spacial score (nSPS) is 21.1. The number of rotatable bonds is 7. The number of aliphatic imine (C=N–C) groups is 1. The van der Waals surface area contributed by atoms with Crippen molar-refractivity contribution in [1.29, 1.82) is 0 Å². The molecule has 132 valence electrons. The number of aromatic nitrogens is 3. The first-order valence-electron chi connectivity index (χ1n) is 8.31. The molecule has 1 aliphatic carbocycles. The number of aliphatic hydroxyl groups excluding tert-OH is 1. The first-order valence-corrected chi connectivity index (χ1v) is 8.31. The monoisotopic (exact) mass is 436 g/mol. The van der Waals surface area contributed by atoms with Crippen LogP contribution in [0.1, 0.15) is 38.9 Å². The lowest BCUT2D eigenvalue weighted by Gasteiger charge is -2.15. The Morgan fingerprint density at radius 1 is 1.39 bits per heavy atom. The van der Waals surface area contributed by atoms with Crippen molar-refractivity contribution in [3.8, 4) is 0 Å². The molecule has 1 aliphatic rings. The summed E-state index contributed by atoms with van der Waals surface area (Å²) in [6.45, 7) is 7.22. The van der Waals surface area contributed by atoms with E-state index in [1.54, 1.807) is 6.33 Å². The Morgan fingerprint density at radius 3 is 2.87 bits per heavy atom. The van der Waals surface area contributed by atoms with Crippen LogP contribution in [0.3, 0.4) is 0 Å². The van der Waals surface area contributed by atoms with Gasteiger partial charge < -0.3 is 20.3 Å². The summed E-state index contributed by atoms with van der Waals surface area (Å²) in [6, 6.07) is 0. The topological polar surface area (TPSA) is 87.4 Å². The Morgan fingerprint density at radius 2 is 2.22 bits per heavy atom. The SMILES string of the molecule is CCNC(=NCC1CCCC1O)NCCn1cnnc1CC.I. The molecule has 2 unspecified atom stereocenters. The molecule has 1 aromatic rings. The highest BCUT2D eigenvalue weighted by Crippen LogP contribution is 2.25. The van der Waals surface area contributed by atoms with Gasteiger partial charge in [-0.2, -0.15) is 0 Å². The van der Waals surface area contributed by atoms with Gasteiger partial charge in [0.25, 0.3) is 0 Å². The van der Waals surface area contributed by atoms with E-state index < -0.39 is 0 Å². The minimum atomic E-state index is -0.184. The van der Waals surface area contributed by atoms with E-state index in [0.29, 0.717) is 12.5 Å². The number of nitrogens with one attached hydrogen (secondary N) is 2. The summed E-state index contributed by atoms with van der Waals surface area (Å²) in [5.41, 5.74) is 0. The van der Waals surface area contributed by atoms with Crippen LogP contribution in [0.5, 0.6) is 0 Å². The first-order chi connectivity index (χ1) is 10.7. The molecular formula is C15H29IN6O. The highest BCUT2D eigenvalue weighted by Gasteiger charge is 2.24. The number of aryl methyl sites for hydroxylation is 1. The summed E-state index contributed by atoms with van der Waals surface area (Å²) in [6.07, 6.45) is 5.56. The van der Waals surface area contributed by atoms with E-state index >= 15 is 0 Å². The van der Waals surface area contributed by atoms with E-state index in [4.69, 9.17) is 0 Å². The van der Waals surface area contributed by atoms with Crippen LogP contribution >= 0.6 is 24.0 Å². The molecule has 1 fully saturated rings. The van der Waals surface area contributed by atoms with E-state index in [-0.39, 0.29) is 30.1 Å². The molecule has 23 heavy (non-hydrogen) atoms. The van der Waals surface area contributed by atoms with Crippen LogP contribution in [0.25, 0.3) is 0 Å². The van der Waals surface area contributed by atoms with Crippen molar-refractivity contribution in [3.63, 3.8) is 0 Å². The Hall–Kier alpha value is -0.900. The Labute approximate surface area is 155 Å². The molecule has 2 rings (SSSR count). The molecule has 1 heterocycles. The molecule has 0 spiro atoms. The second kappa shape index (κ2) is 10.8. The lowest BCUT2D eigenvalue weighted by Crippen LogP contribution is -2.39. The van der Waals surface area contributed by atoms with Crippen LogP contribution in [0.15, 0.2) is 11.3 Å². The van der Waals surface area contributed by atoms with E-state index in [1.807, 2.05) is 0 Å². The number of nitrogens with zero attached hydrogens (tertiary/aromatic N) is 4. The van der Waals surface area contributed by atoms with Crippen LogP contribution in [-0.4, -0.2) is 51.6 Å². The van der Waals surface area contributed by atoms with Gasteiger partial charge in [-0.25, -0.2) is 0 Å². The van der Waals surface area contributed by atoms with Crippen molar-refractivity contribution in [2.24, 2.45) is 10.9 Å². The fourth-order valence-electron chi connectivity index (χ4n) is 2.81. The highest BCUT2D eigenvalue weighted by molar-refractivity contribution is 14.0. The third-order valence-electron chi connectivity index (χ3n) is 4.10. The maximum atomic E-state index is 9.86. The maximum Gasteiger partial charge on any atom is 0.191 e. The summed E-state index contributed by atoms with van der Waals surface area (Å²) in [4.78, 5) is 4.60. The second-order valence-corrected chi connectivity index (χ2v) is 5.70. The van der Waals surface area contributed by atoms with Crippen LogP contribution < -0.4 is 10.6 Å². The van der Waals surface area contributed by atoms with Gasteiger partial charge in [-0.3, -0.25) is 4.99 Å². The van der Waals surface area contributed by atoms with Gasteiger partial charge in [-0.15, -0.1) is 34.2 Å². The molecule has 0 saturated heterocycles. The zero-order valence-corrected chi connectivity index (χ0v) is 16.4. The molecule has 0 aromatic carbocycles. The van der Waals surface area contributed by atoms with Crippen molar-refractivity contribution in [3.05, 3.63) is 12.2 Å². The summed E-state index contributed by atoms with van der Waals surface area (Å²) >= 11 is 0. The molecule has 3 N–H and O–H groups in total. The molecule has 1 saturated carbocycles. The van der Waals surface area contributed by atoms with Gasteiger partial charge in [0.1, 0.15) is 12.2 Å². The Bertz CT molecular complexity index is 478. The largest absolute Gasteiger partial charge is 0.393 e. The average Bonchev–Trinajstić information content (AvgIpc) is 3.13. The lowest BCUT2D eigenvalue weighted by atomic mass is 10.1. The second-order valence-electron chi connectivity index (χ2n) is 5.70. The van der Waals surface area contributed by atoms with Crippen molar-refractivity contribution in [2.45, 2.75) is 52.2 Å². The van der Waals surface area contributed by atoms with Crippen LogP contribution in [-0.2, 0) is 13.0 Å². The molecule has 0 radical (unpaired) electrons. The summed E-state index contributed by atoms with van der Waals surface area (Å²) in [5.74, 6) is 2.12. The van der Waals surface area contributed by atoms with Gasteiger partial charge in [-0.1, -0.05) is 13.3 Å². The van der Waals surface area contributed by atoms with Gasteiger partial charge in [0, 0.05) is 38.5 Å². The van der Waals surface area contributed by atoms with E-state index in [9.17, 15) is 5.11 Å². The van der Waals surface area contributed by atoms with Crippen LogP contribution in [0.4, 0.5) is 0 Å². The van der Waals surface area contributed by atoms with E-state index in [0.717, 1.165) is 57.1 Å². The number of guanidine groups is 1. The molecule has 2 atom stereocenters. The third-order valence-corrected chi connectivity index (χ3v) is 4.10. The van der Waals surface area contributed by atoms with Gasteiger partial charge in [0.2, 0.25) is 0 Å². The van der Waals surface area contributed by atoms with E-state index in [1.165, 1.54) is 0 Å². The molecule has 0 amide bonds. The quantitative estimate of drug-likeness (QED) is 0.340. The predicted octanol–water partition coefficient (Wildman–Crippen LogP) is 1.17. The summed E-state index contributed by atoms with van der Waals surface area (Å²) in [7, 11) is 0. The van der Waals surface area contributed by atoms with Gasteiger partial charge in [-0.05, 0) is 19.8 Å². The summed E-state index contributed by atoms with van der Waals surface area (Å²) in [5, 5.41) is 24.5. The minimum absolute atomic E-state index is 0. The average molecular weight is 436 g/mol. The molecule has 0 bridgehead atoms. The molecular weight excluding hydrogens is 407 g/mol. The fourth-order valence-corrected chi connectivity index (χ4v) is 2.81. The van der Waals surface area contributed by atoms with Gasteiger partial charge in [0.05, 0.1) is 6.10 Å². The first kappa shape index (κ1) is 20.1. The van der Waals surface area contributed by atoms with Crippen molar-refractivity contribution < 1.29 is 5.11 Å². The lowest BCUT2D eigenvalue weighted by molar-refractivity contribution is 0.136. The number of aliphatic hydroxyl groups is 1. The zero-order chi connectivity index (χ0) is 15.8. The van der Waals surface area contributed by atoms with Crippen LogP contribution in [0, 0.1) is 5.92 Å². The number of hydrogen-bond donors (Lipinski definition) is 3. The standard InChI is InChI=1S/C15H28N6O.HI/c1-3-14-20-19-11-21(14)9-8-17-15(16-4-2)18-10-12-6-5-7-13(12)22;/h11-13,22H,3-10H2,1-2H3,(H2,16,17,18);1H. The van der Waals surface area contributed by atoms with Crippen LogP contribution in [0.2, 0.25) is 0 Å².